The number of carbonyl (C=O) groups excluding carboxylic acids is 1. The van der Waals surface area contributed by atoms with Gasteiger partial charge in [-0.3, -0.25) is 4.79 Å². The molecule has 0 heterocycles. The normalized spacial score (nSPS) is 14.4. The third kappa shape index (κ3) is 7.63. The maximum absolute atomic E-state index is 11.4. The zero-order valence-corrected chi connectivity index (χ0v) is 12.0. The first-order valence-electron chi connectivity index (χ1n) is 6.77. The van der Waals surface area contributed by atoms with Gasteiger partial charge in [-0.15, -0.1) is 0 Å². The minimum Gasteiger partial charge on any atom is -0.379 e. The van der Waals surface area contributed by atoms with Crippen molar-refractivity contribution in [2.75, 3.05) is 33.0 Å². The summed E-state index contributed by atoms with van der Waals surface area (Å²) in [6.07, 6.45) is 2.59. The largest absolute Gasteiger partial charge is 0.379 e. The first-order valence-corrected chi connectivity index (χ1v) is 6.77. The summed E-state index contributed by atoms with van der Waals surface area (Å²) >= 11 is 0. The van der Waals surface area contributed by atoms with Crippen molar-refractivity contribution in [1.82, 2.24) is 5.32 Å². The number of unbranched alkanes of at least 4 members (excludes halogenated alkanes) is 1. The van der Waals surface area contributed by atoms with Gasteiger partial charge < -0.3 is 20.5 Å². The van der Waals surface area contributed by atoms with Crippen LogP contribution in [0.25, 0.3) is 0 Å². The van der Waals surface area contributed by atoms with E-state index in [1.54, 1.807) is 0 Å². The molecule has 0 aromatic carbocycles. The lowest BCUT2D eigenvalue weighted by Crippen LogP contribution is -2.52. The minimum atomic E-state index is -0.597. The summed E-state index contributed by atoms with van der Waals surface area (Å²) in [7, 11) is 0. The highest BCUT2D eigenvalue weighted by Gasteiger charge is 2.28. The van der Waals surface area contributed by atoms with Crippen LogP contribution in [0, 0.1) is 0 Å². The Labute approximate surface area is 110 Å². The van der Waals surface area contributed by atoms with Gasteiger partial charge in [0, 0.05) is 13.2 Å². The van der Waals surface area contributed by atoms with E-state index in [0.29, 0.717) is 19.8 Å². The van der Waals surface area contributed by atoms with Crippen LogP contribution in [0.3, 0.4) is 0 Å². The molecule has 0 spiro atoms. The highest BCUT2D eigenvalue weighted by atomic mass is 16.5. The zero-order chi connectivity index (χ0) is 13.9. The van der Waals surface area contributed by atoms with E-state index in [9.17, 15) is 4.79 Å². The van der Waals surface area contributed by atoms with Crippen LogP contribution in [0.15, 0.2) is 0 Å². The van der Waals surface area contributed by atoms with Gasteiger partial charge in [0.15, 0.2) is 0 Å². The van der Waals surface area contributed by atoms with Gasteiger partial charge >= 0.3 is 0 Å². The molecule has 18 heavy (non-hydrogen) atoms. The smallest absolute Gasteiger partial charge is 0.237 e. The predicted molar refractivity (Wildman–Crippen MR) is 72.4 cm³/mol. The van der Waals surface area contributed by atoms with E-state index in [1.807, 2.05) is 20.8 Å². The Kier molecular flexibility index (Phi) is 9.92. The minimum absolute atomic E-state index is 0.290. The van der Waals surface area contributed by atoms with E-state index >= 15 is 0 Å². The molecule has 0 saturated carbocycles. The van der Waals surface area contributed by atoms with Crippen molar-refractivity contribution in [2.24, 2.45) is 5.73 Å². The number of carbonyl (C=O) groups is 1. The van der Waals surface area contributed by atoms with Gasteiger partial charge in [0.05, 0.1) is 18.8 Å². The van der Waals surface area contributed by atoms with E-state index in [4.69, 9.17) is 15.2 Å². The molecule has 0 aliphatic carbocycles. The molecular weight excluding hydrogens is 232 g/mol. The number of nitrogens with two attached hydrogens (primary N) is 1. The van der Waals surface area contributed by atoms with Crippen molar-refractivity contribution < 1.29 is 14.3 Å². The van der Waals surface area contributed by atoms with Crippen molar-refractivity contribution in [3.05, 3.63) is 0 Å². The maximum atomic E-state index is 11.4. The monoisotopic (exact) mass is 260 g/mol. The SMILES string of the molecule is CCNC(C)(CCCCOCCOCC)C(N)=O. The molecule has 0 aromatic rings. The van der Waals surface area contributed by atoms with Gasteiger partial charge in [-0.25, -0.2) is 0 Å². The van der Waals surface area contributed by atoms with Gasteiger partial charge in [-0.05, 0) is 39.7 Å². The summed E-state index contributed by atoms with van der Waals surface area (Å²) in [5, 5.41) is 3.14. The highest BCUT2D eigenvalue weighted by molar-refractivity contribution is 5.84. The van der Waals surface area contributed by atoms with Gasteiger partial charge in [-0.1, -0.05) is 6.92 Å². The van der Waals surface area contributed by atoms with Crippen molar-refractivity contribution in [3.63, 3.8) is 0 Å². The number of likely N-dealkylation sites (N-methyl/N-ethyl adjacent to an activating group) is 1. The molecule has 0 aliphatic rings. The Morgan fingerprint density at radius 3 is 2.39 bits per heavy atom. The molecule has 0 rings (SSSR count). The molecule has 0 aromatic heterocycles. The molecule has 5 heteroatoms. The summed E-state index contributed by atoms with van der Waals surface area (Å²) in [5.74, 6) is -0.290. The number of hydrogen-bond acceptors (Lipinski definition) is 4. The van der Waals surface area contributed by atoms with Crippen LogP contribution in [0.4, 0.5) is 0 Å². The number of hydrogen-bond donors (Lipinski definition) is 2. The van der Waals surface area contributed by atoms with Crippen LogP contribution in [-0.2, 0) is 14.3 Å². The van der Waals surface area contributed by atoms with Crippen LogP contribution in [-0.4, -0.2) is 44.4 Å². The molecule has 1 amide bonds. The Morgan fingerprint density at radius 1 is 1.17 bits per heavy atom. The number of amides is 1. The molecule has 0 radical (unpaired) electrons. The second-order valence-electron chi connectivity index (χ2n) is 4.49. The fourth-order valence-electron chi connectivity index (χ4n) is 1.74. The number of rotatable bonds is 12. The highest BCUT2D eigenvalue weighted by Crippen LogP contribution is 2.13. The van der Waals surface area contributed by atoms with E-state index < -0.39 is 5.54 Å². The first kappa shape index (κ1) is 17.4. The second-order valence-corrected chi connectivity index (χ2v) is 4.49. The number of ether oxygens (including phenoxy) is 2. The van der Waals surface area contributed by atoms with E-state index in [-0.39, 0.29) is 5.91 Å². The average molecular weight is 260 g/mol. The lowest BCUT2D eigenvalue weighted by Gasteiger charge is -2.26. The Bertz CT molecular complexity index is 224. The Hall–Kier alpha value is -0.650. The second kappa shape index (κ2) is 10.3. The van der Waals surface area contributed by atoms with Gasteiger partial charge in [0.1, 0.15) is 0 Å². The standard InChI is InChI=1S/C13H28N2O3/c1-4-15-13(3,12(14)16)8-6-7-9-18-11-10-17-5-2/h15H,4-11H2,1-3H3,(H2,14,16). The van der Waals surface area contributed by atoms with Crippen molar-refractivity contribution in [3.8, 4) is 0 Å². The van der Waals surface area contributed by atoms with Crippen LogP contribution >= 0.6 is 0 Å². The van der Waals surface area contributed by atoms with Gasteiger partial charge in [0.2, 0.25) is 5.91 Å². The summed E-state index contributed by atoms with van der Waals surface area (Å²) in [6.45, 7) is 9.24. The third-order valence-corrected chi connectivity index (χ3v) is 2.90. The van der Waals surface area contributed by atoms with Crippen LogP contribution in [0.1, 0.15) is 40.0 Å². The lowest BCUT2D eigenvalue weighted by molar-refractivity contribution is -0.124. The van der Waals surface area contributed by atoms with Crippen LogP contribution < -0.4 is 11.1 Å². The molecular formula is C13H28N2O3. The number of nitrogens with one attached hydrogen (secondary N) is 1. The zero-order valence-electron chi connectivity index (χ0n) is 12.0. The molecule has 0 fully saturated rings. The molecule has 108 valence electrons. The first-order chi connectivity index (χ1) is 8.56. The van der Waals surface area contributed by atoms with E-state index in [2.05, 4.69) is 5.32 Å². The third-order valence-electron chi connectivity index (χ3n) is 2.90. The molecule has 0 aliphatic heterocycles. The molecule has 0 saturated heterocycles. The average Bonchev–Trinajstić information content (AvgIpc) is 2.33. The summed E-state index contributed by atoms with van der Waals surface area (Å²) in [5.41, 5.74) is 4.81. The molecule has 1 unspecified atom stereocenters. The van der Waals surface area contributed by atoms with Gasteiger partial charge in [0.25, 0.3) is 0 Å². The molecule has 1 atom stereocenters. The van der Waals surface area contributed by atoms with Crippen LogP contribution in [0.2, 0.25) is 0 Å². The predicted octanol–water partition coefficient (Wildman–Crippen LogP) is 1.06. The quantitative estimate of drug-likeness (QED) is 0.515. The molecule has 3 N–H and O–H groups in total. The van der Waals surface area contributed by atoms with Crippen molar-refractivity contribution in [2.45, 2.75) is 45.6 Å². The topological polar surface area (TPSA) is 73.6 Å². The maximum Gasteiger partial charge on any atom is 0.237 e. The fourth-order valence-corrected chi connectivity index (χ4v) is 1.74. The molecule has 0 bridgehead atoms. The summed E-state index contributed by atoms with van der Waals surface area (Å²) in [6, 6.07) is 0. The van der Waals surface area contributed by atoms with Crippen molar-refractivity contribution in [1.29, 1.82) is 0 Å². The Balaban J connectivity index is 3.59. The van der Waals surface area contributed by atoms with Crippen LogP contribution in [0.5, 0.6) is 0 Å². The summed E-state index contributed by atoms with van der Waals surface area (Å²) < 4.78 is 10.6. The lowest BCUT2D eigenvalue weighted by atomic mass is 9.94. The number of primary amides is 1. The summed E-state index contributed by atoms with van der Waals surface area (Å²) in [4.78, 5) is 11.4. The van der Waals surface area contributed by atoms with Crippen molar-refractivity contribution >= 4 is 5.91 Å². The molecule has 5 nitrogen and oxygen atoms in total. The van der Waals surface area contributed by atoms with Gasteiger partial charge in [-0.2, -0.15) is 0 Å². The Morgan fingerprint density at radius 2 is 1.83 bits per heavy atom. The van der Waals surface area contributed by atoms with E-state index in [0.717, 1.165) is 32.4 Å². The van der Waals surface area contributed by atoms with E-state index in [1.165, 1.54) is 0 Å². The fraction of sp³-hybridized carbons (Fsp3) is 0.923.